The summed E-state index contributed by atoms with van der Waals surface area (Å²) in [5.41, 5.74) is 0.862. The van der Waals surface area contributed by atoms with E-state index in [0.717, 1.165) is 23.4 Å². The van der Waals surface area contributed by atoms with Gasteiger partial charge in [0.15, 0.2) is 5.78 Å². The third kappa shape index (κ3) is 7.59. The lowest BCUT2D eigenvalue weighted by atomic mass is 10.1. The predicted molar refractivity (Wildman–Crippen MR) is 130 cm³/mol. The molecule has 0 bridgehead atoms. The summed E-state index contributed by atoms with van der Waals surface area (Å²) >= 11 is 0. The number of nitrogens with one attached hydrogen (secondary N) is 3. The molecular weight excluding hydrogens is 475 g/mol. The van der Waals surface area contributed by atoms with Gasteiger partial charge in [-0.1, -0.05) is 12.1 Å². The maximum absolute atomic E-state index is 13.2. The van der Waals surface area contributed by atoms with Gasteiger partial charge in [0.25, 0.3) is 11.8 Å². The molecular formula is C24H29FN4O5S. The van der Waals surface area contributed by atoms with Crippen LogP contribution in [0.1, 0.15) is 52.1 Å². The number of nitrogens with zero attached hydrogens (tertiary/aromatic N) is 1. The standard InChI is InChI=1S/C24H29FN4O5S/c1-15(16-4-6-19(25)7-5-16)28-24(32)18-10-17(11-21(12-18)29(2)35(3,33)34)23(31)27-14-22(30)13-26-20-8-9-20/h4-7,10-12,15,20,26H,8-9,13-14H2,1-3H3,(H,27,31)(H,28,32)/t15-/m1/s1. The average molecular weight is 505 g/mol. The van der Waals surface area contributed by atoms with Gasteiger partial charge in [0.2, 0.25) is 10.0 Å². The van der Waals surface area contributed by atoms with E-state index in [1.807, 2.05) is 0 Å². The minimum Gasteiger partial charge on any atom is -0.346 e. The van der Waals surface area contributed by atoms with Gasteiger partial charge in [-0.3, -0.25) is 18.7 Å². The topological polar surface area (TPSA) is 125 Å². The fourth-order valence-corrected chi connectivity index (χ4v) is 3.74. The van der Waals surface area contributed by atoms with E-state index >= 15 is 0 Å². The van der Waals surface area contributed by atoms with Crippen molar-refractivity contribution in [1.82, 2.24) is 16.0 Å². The van der Waals surface area contributed by atoms with Gasteiger partial charge in [0, 0.05) is 24.2 Å². The Kier molecular flexibility index (Phi) is 8.23. The third-order valence-electron chi connectivity index (χ3n) is 5.63. The lowest BCUT2D eigenvalue weighted by Crippen LogP contribution is -2.35. The van der Waals surface area contributed by atoms with Gasteiger partial charge in [0.05, 0.1) is 31.1 Å². The first-order valence-corrected chi connectivity index (χ1v) is 13.0. The molecule has 0 spiro atoms. The smallest absolute Gasteiger partial charge is 0.251 e. The molecule has 0 saturated heterocycles. The number of hydrogen-bond donors (Lipinski definition) is 3. The molecule has 3 N–H and O–H groups in total. The van der Waals surface area contributed by atoms with Crippen molar-refractivity contribution < 1.29 is 27.2 Å². The SMILES string of the molecule is C[C@@H](NC(=O)c1cc(C(=O)NCC(=O)CNC2CC2)cc(N(C)S(C)(=O)=O)c1)c1ccc(F)cc1. The normalized spacial score (nSPS) is 14.2. The lowest BCUT2D eigenvalue weighted by Gasteiger charge is -2.20. The van der Waals surface area contributed by atoms with E-state index in [1.54, 1.807) is 19.1 Å². The first kappa shape index (κ1) is 26.3. The molecule has 2 amide bonds. The quantitative estimate of drug-likeness (QED) is 0.428. The number of carbonyl (C=O) groups is 3. The second-order valence-corrected chi connectivity index (χ2v) is 10.6. The molecule has 0 aromatic heterocycles. The Balaban J connectivity index is 1.79. The predicted octanol–water partition coefficient (Wildman–Crippen LogP) is 1.76. The van der Waals surface area contributed by atoms with E-state index in [1.165, 1.54) is 37.4 Å². The van der Waals surface area contributed by atoms with Crippen molar-refractivity contribution in [2.45, 2.75) is 31.8 Å². The second-order valence-electron chi connectivity index (χ2n) is 8.62. The van der Waals surface area contributed by atoms with Crippen LogP contribution in [0.4, 0.5) is 10.1 Å². The van der Waals surface area contributed by atoms with Gasteiger partial charge >= 0.3 is 0 Å². The minimum absolute atomic E-state index is 0.0283. The number of hydrogen-bond acceptors (Lipinski definition) is 6. The number of carbonyl (C=O) groups excluding carboxylic acids is 3. The van der Waals surface area contributed by atoms with Crippen LogP contribution >= 0.6 is 0 Å². The Morgan fingerprint density at radius 3 is 2.20 bits per heavy atom. The van der Waals surface area contributed by atoms with Gasteiger partial charge in [-0.2, -0.15) is 0 Å². The van der Waals surface area contributed by atoms with Crippen LogP contribution in [0.15, 0.2) is 42.5 Å². The molecule has 0 radical (unpaired) electrons. The highest BCUT2D eigenvalue weighted by Gasteiger charge is 2.22. The molecule has 0 unspecified atom stereocenters. The molecule has 1 fully saturated rings. The molecule has 9 nitrogen and oxygen atoms in total. The Morgan fingerprint density at radius 1 is 1.03 bits per heavy atom. The first-order valence-electron chi connectivity index (χ1n) is 11.1. The average Bonchev–Trinajstić information content (AvgIpc) is 3.64. The summed E-state index contributed by atoms with van der Waals surface area (Å²) in [6.07, 6.45) is 3.07. The molecule has 188 valence electrons. The number of amides is 2. The maximum Gasteiger partial charge on any atom is 0.251 e. The number of anilines is 1. The Morgan fingerprint density at radius 2 is 1.63 bits per heavy atom. The molecule has 2 aromatic rings. The van der Waals surface area contributed by atoms with E-state index in [2.05, 4.69) is 16.0 Å². The molecule has 3 rings (SSSR count). The summed E-state index contributed by atoms with van der Waals surface area (Å²) in [5.74, 6) is -1.76. The number of benzene rings is 2. The Labute approximate surface area is 204 Å². The minimum atomic E-state index is -3.67. The van der Waals surface area contributed by atoms with Crippen molar-refractivity contribution in [3.05, 3.63) is 65.0 Å². The van der Waals surface area contributed by atoms with Gasteiger partial charge in [-0.15, -0.1) is 0 Å². The Bertz CT molecular complexity index is 1210. The molecule has 2 aromatic carbocycles. The number of ketones is 1. The van der Waals surface area contributed by atoms with Crippen molar-refractivity contribution in [2.24, 2.45) is 0 Å². The number of rotatable bonds is 11. The van der Waals surface area contributed by atoms with Gasteiger partial charge < -0.3 is 16.0 Å². The van der Waals surface area contributed by atoms with Crippen molar-refractivity contribution in [1.29, 1.82) is 0 Å². The van der Waals surface area contributed by atoms with Crippen LogP contribution in [-0.4, -0.2) is 58.5 Å². The van der Waals surface area contributed by atoms with E-state index in [4.69, 9.17) is 0 Å². The highest BCUT2D eigenvalue weighted by molar-refractivity contribution is 7.92. The fraction of sp³-hybridized carbons (Fsp3) is 0.375. The first-order chi connectivity index (χ1) is 16.4. The molecule has 1 saturated carbocycles. The van der Waals surface area contributed by atoms with E-state index in [-0.39, 0.29) is 35.7 Å². The zero-order valence-electron chi connectivity index (χ0n) is 19.8. The number of halogens is 1. The summed E-state index contributed by atoms with van der Waals surface area (Å²) in [6, 6.07) is 9.55. The van der Waals surface area contributed by atoms with Crippen molar-refractivity contribution in [2.75, 3.05) is 30.7 Å². The van der Waals surface area contributed by atoms with Crippen LogP contribution in [-0.2, 0) is 14.8 Å². The molecule has 11 heteroatoms. The highest BCUT2D eigenvalue weighted by atomic mass is 32.2. The maximum atomic E-state index is 13.2. The molecule has 0 aliphatic heterocycles. The van der Waals surface area contributed by atoms with Gasteiger partial charge in [0.1, 0.15) is 5.82 Å². The Hall–Kier alpha value is -3.31. The number of sulfonamides is 1. The van der Waals surface area contributed by atoms with E-state index < -0.39 is 33.7 Å². The van der Waals surface area contributed by atoms with Crippen molar-refractivity contribution >= 4 is 33.3 Å². The van der Waals surface area contributed by atoms with Gasteiger partial charge in [-0.25, -0.2) is 12.8 Å². The molecule has 1 aliphatic rings. The summed E-state index contributed by atoms with van der Waals surface area (Å²) in [5, 5.41) is 8.36. The van der Waals surface area contributed by atoms with Crippen LogP contribution in [0.25, 0.3) is 0 Å². The van der Waals surface area contributed by atoms with E-state index in [9.17, 15) is 27.2 Å². The van der Waals surface area contributed by atoms with Crippen molar-refractivity contribution in [3.63, 3.8) is 0 Å². The summed E-state index contributed by atoms with van der Waals surface area (Å²) in [6.45, 7) is 1.66. The number of Topliss-reactive ketones (excluding diaryl/α,β-unsaturated/α-hetero) is 1. The molecule has 35 heavy (non-hydrogen) atoms. The van der Waals surface area contributed by atoms with Crippen LogP contribution in [0.2, 0.25) is 0 Å². The van der Waals surface area contributed by atoms with Crippen LogP contribution in [0.5, 0.6) is 0 Å². The van der Waals surface area contributed by atoms with Crippen LogP contribution < -0.4 is 20.3 Å². The zero-order chi connectivity index (χ0) is 25.8. The summed E-state index contributed by atoms with van der Waals surface area (Å²) in [7, 11) is -2.37. The lowest BCUT2D eigenvalue weighted by molar-refractivity contribution is -0.117. The van der Waals surface area contributed by atoms with Gasteiger partial charge in [-0.05, 0) is 55.7 Å². The molecule has 1 atom stereocenters. The van der Waals surface area contributed by atoms with Crippen molar-refractivity contribution in [3.8, 4) is 0 Å². The molecule has 0 heterocycles. The fourth-order valence-electron chi connectivity index (χ4n) is 3.25. The van der Waals surface area contributed by atoms with Crippen LogP contribution in [0, 0.1) is 5.82 Å². The molecule has 1 aliphatic carbocycles. The summed E-state index contributed by atoms with van der Waals surface area (Å²) < 4.78 is 38.3. The monoisotopic (exact) mass is 504 g/mol. The largest absolute Gasteiger partial charge is 0.346 e. The van der Waals surface area contributed by atoms with E-state index in [0.29, 0.717) is 11.6 Å². The van der Waals surface area contributed by atoms with Crippen LogP contribution in [0.3, 0.4) is 0 Å². The summed E-state index contributed by atoms with van der Waals surface area (Å²) in [4.78, 5) is 37.7. The third-order valence-corrected chi connectivity index (χ3v) is 6.84. The zero-order valence-corrected chi connectivity index (χ0v) is 20.6. The second kappa shape index (κ2) is 11.0. The highest BCUT2D eigenvalue weighted by Crippen LogP contribution is 2.22.